The maximum atomic E-state index is 12.9. The molecule has 4 nitrogen and oxygen atoms in total. The number of aromatic nitrogens is 1. The number of rotatable bonds is 4. The Morgan fingerprint density at radius 3 is 3.04 bits per heavy atom. The fraction of sp³-hybridized carbons (Fsp3) is 0.444. The average Bonchev–Trinajstić information content (AvgIpc) is 3.02. The van der Waals surface area contributed by atoms with E-state index in [4.69, 9.17) is 0 Å². The lowest BCUT2D eigenvalue weighted by Gasteiger charge is -2.35. The van der Waals surface area contributed by atoms with Crippen molar-refractivity contribution in [3.63, 3.8) is 0 Å². The van der Waals surface area contributed by atoms with Crippen molar-refractivity contribution >= 4 is 17.2 Å². The Labute approximate surface area is 140 Å². The number of piperidine rings is 1. The molecule has 23 heavy (non-hydrogen) atoms. The van der Waals surface area contributed by atoms with Crippen LogP contribution in [0.2, 0.25) is 0 Å². The SMILES string of the molecule is Cc1nc(-c2cccc(C(=O)N3CCCCC3CCO)c2)cs1. The number of amides is 1. The summed E-state index contributed by atoms with van der Waals surface area (Å²) in [6.45, 7) is 2.90. The number of carbonyl (C=O) groups is 1. The molecule has 1 amide bonds. The summed E-state index contributed by atoms with van der Waals surface area (Å²) in [4.78, 5) is 19.3. The number of carbonyl (C=O) groups excluding carboxylic acids is 1. The quantitative estimate of drug-likeness (QED) is 0.933. The number of aliphatic hydroxyl groups is 1. The van der Waals surface area contributed by atoms with Crippen LogP contribution in [0, 0.1) is 6.92 Å². The van der Waals surface area contributed by atoms with Gasteiger partial charge in [0.1, 0.15) is 0 Å². The van der Waals surface area contributed by atoms with E-state index < -0.39 is 0 Å². The third-order valence-corrected chi connectivity index (χ3v) is 5.15. The third kappa shape index (κ3) is 3.62. The Kier molecular flexibility index (Phi) is 5.08. The molecule has 2 aromatic rings. The van der Waals surface area contributed by atoms with Gasteiger partial charge in [0.25, 0.3) is 5.91 Å². The molecule has 0 bridgehead atoms. The van der Waals surface area contributed by atoms with Gasteiger partial charge in [0.2, 0.25) is 0 Å². The second-order valence-electron chi connectivity index (χ2n) is 5.99. The van der Waals surface area contributed by atoms with Crippen LogP contribution >= 0.6 is 11.3 Å². The number of thiazole rings is 1. The standard InChI is InChI=1S/C18H22N2O2S/c1-13-19-17(12-23-13)14-5-4-6-15(11-14)18(22)20-9-3-2-7-16(20)8-10-21/h4-6,11-12,16,21H,2-3,7-10H2,1H3. The summed E-state index contributed by atoms with van der Waals surface area (Å²) in [7, 11) is 0. The maximum absolute atomic E-state index is 12.9. The summed E-state index contributed by atoms with van der Waals surface area (Å²) in [5, 5.41) is 12.3. The summed E-state index contributed by atoms with van der Waals surface area (Å²) >= 11 is 1.61. The van der Waals surface area contributed by atoms with E-state index in [1.54, 1.807) is 11.3 Å². The van der Waals surface area contributed by atoms with Gasteiger partial charge >= 0.3 is 0 Å². The number of aliphatic hydroxyl groups excluding tert-OH is 1. The molecule has 1 unspecified atom stereocenters. The van der Waals surface area contributed by atoms with Crippen LogP contribution in [0.1, 0.15) is 41.0 Å². The first-order chi connectivity index (χ1) is 11.2. The van der Waals surface area contributed by atoms with E-state index in [1.807, 2.05) is 41.5 Å². The van der Waals surface area contributed by atoms with Crippen molar-refractivity contribution in [3.05, 3.63) is 40.2 Å². The minimum absolute atomic E-state index is 0.0666. The molecule has 0 aliphatic carbocycles. The minimum Gasteiger partial charge on any atom is -0.396 e. The van der Waals surface area contributed by atoms with E-state index in [0.717, 1.165) is 42.1 Å². The molecule has 0 radical (unpaired) electrons. The lowest BCUT2D eigenvalue weighted by molar-refractivity contribution is 0.0574. The highest BCUT2D eigenvalue weighted by atomic mass is 32.1. The molecule has 1 saturated heterocycles. The van der Waals surface area contributed by atoms with E-state index in [0.29, 0.717) is 12.0 Å². The van der Waals surface area contributed by atoms with Crippen LogP contribution in [-0.4, -0.2) is 40.1 Å². The van der Waals surface area contributed by atoms with E-state index >= 15 is 0 Å². The maximum Gasteiger partial charge on any atom is 0.254 e. The molecule has 0 spiro atoms. The molecule has 122 valence electrons. The fourth-order valence-corrected chi connectivity index (χ4v) is 3.81. The predicted octanol–water partition coefficient (Wildman–Crippen LogP) is 3.50. The predicted molar refractivity (Wildman–Crippen MR) is 92.7 cm³/mol. The zero-order chi connectivity index (χ0) is 16.2. The largest absolute Gasteiger partial charge is 0.396 e. The van der Waals surface area contributed by atoms with E-state index in [9.17, 15) is 9.90 Å². The number of hydrogen-bond acceptors (Lipinski definition) is 4. The van der Waals surface area contributed by atoms with Gasteiger partial charge in [-0.1, -0.05) is 12.1 Å². The summed E-state index contributed by atoms with van der Waals surface area (Å²) in [6, 6.07) is 7.87. The van der Waals surface area contributed by atoms with Gasteiger partial charge in [-0.2, -0.15) is 0 Å². The van der Waals surface area contributed by atoms with Crippen LogP contribution in [0.5, 0.6) is 0 Å². The van der Waals surface area contributed by atoms with Crippen LogP contribution in [0.15, 0.2) is 29.6 Å². The van der Waals surface area contributed by atoms with Gasteiger partial charge in [-0.15, -0.1) is 11.3 Å². The van der Waals surface area contributed by atoms with Crippen LogP contribution in [0.25, 0.3) is 11.3 Å². The van der Waals surface area contributed by atoms with Crippen molar-refractivity contribution < 1.29 is 9.90 Å². The number of benzene rings is 1. The van der Waals surface area contributed by atoms with Gasteiger partial charge in [-0.25, -0.2) is 4.98 Å². The van der Waals surface area contributed by atoms with Gasteiger partial charge in [-0.3, -0.25) is 4.79 Å². The average molecular weight is 330 g/mol. The summed E-state index contributed by atoms with van der Waals surface area (Å²) < 4.78 is 0. The molecule has 1 aromatic heterocycles. The van der Waals surface area contributed by atoms with E-state index in [1.165, 1.54) is 0 Å². The highest BCUT2D eigenvalue weighted by Gasteiger charge is 2.27. The molecule has 1 aromatic carbocycles. The smallest absolute Gasteiger partial charge is 0.254 e. The highest BCUT2D eigenvalue weighted by molar-refractivity contribution is 7.09. The van der Waals surface area contributed by atoms with Gasteiger partial charge in [0, 0.05) is 35.7 Å². The molecule has 1 N–H and O–H groups in total. The van der Waals surface area contributed by atoms with Crippen molar-refractivity contribution in [2.24, 2.45) is 0 Å². The monoisotopic (exact) mass is 330 g/mol. The molecule has 5 heteroatoms. The van der Waals surface area contributed by atoms with Gasteiger partial charge in [0.05, 0.1) is 10.7 Å². The van der Waals surface area contributed by atoms with E-state index in [2.05, 4.69) is 4.98 Å². The Hall–Kier alpha value is -1.72. The van der Waals surface area contributed by atoms with Crippen molar-refractivity contribution in [2.75, 3.05) is 13.2 Å². The zero-order valence-electron chi connectivity index (χ0n) is 13.4. The molecule has 3 rings (SSSR count). The molecule has 2 heterocycles. The Balaban J connectivity index is 1.84. The molecular weight excluding hydrogens is 308 g/mol. The normalized spacial score (nSPS) is 18.2. The fourth-order valence-electron chi connectivity index (χ4n) is 3.19. The molecular formula is C18H22N2O2S. The zero-order valence-corrected chi connectivity index (χ0v) is 14.2. The van der Waals surface area contributed by atoms with Crippen LogP contribution in [-0.2, 0) is 0 Å². The molecule has 1 aliphatic heterocycles. The van der Waals surface area contributed by atoms with Gasteiger partial charge in [-0.05, 0) is 44.7 Å². The summed E-state index contributed by atoms with van der Waals surface area (Å²) in [6.07, 6.45) is 3.82. The second-order valence-corrected chi connectivity index (χ2v) is 7.06. The first-order valence-electron chi connectivity index (χ1n) is 8.13. The minimum atomic E-state index is 0.0666. The van der Waals surface area contributed by atoms with Gasteiger partial charge in [0.15, 0.2) is 0 Å². The van der Waals surface area contributed by atoms with Crippen molar-refractivity contribution in [3.8, 4) is 11.3 Å². The lowest BCUT2D eigenvalue weighted by atomic mass is 9.98. The summed E-state index contributed by atoms with van der Waals surface area (Å²) in [5.74, 6) is 0.0666. The van der Waals surface area contributed by atoms with Crippen molar-refractivity contribution in [1.29, 1.82) is 0 Å². The highest BCUT2D eigenvalue weighted by Crippen LogP contribution is 2.25. The number of nitrogens with zero attached hydrogens (tertiary/aromatic N) is 2. The Morgan fingerprint density at radius 1 is 1.43 bits per heavy atom. The second kappa shape index (κ2) is 7.23. The topological polar surface area (TPSA) is 53.4 Å². The molecule has 1 aliphatic rings. The number of likely N-dealkylation sites (tertiary alicyclic amines) is 1. The summed E-state index contributed by atoms with van der Waals surface area (Å²) in [5.41, 5.74) is 2.61. The van der Waals surface area contributed by atoms with Crippen LogP contribution in [0.4, 0.5) is 0 Å². The number of aryl methyl sites for hydroxylation is 1. The third-order valence-electron chi connectivity index (χ3n) is 4.37. The molecule has 1 atom stereocenters. The molecule has 1 fully saturated rings. The Morgan fingerprint density at radius 2 is 2.30 bits per heavy atom. The van der Waals surface area contributed by atoms with Crippen molar-refractivity contribution in [1.82, 2.24) is 9.88 Å². The Bertz CT molecular complexity index is 681. The van der Waals surface area contributed by atoms with E-state index in [-0.39, 0.29) is 18.6 Å². The van der Waals surface area contributed by atoms with Gasteiger partial charge < -0.3 is 10.0 Å². The van der Waals surface area contributed by atoms with Crippen LogP contribution < -0.4 is 0 Å². The first-order valence-corrected chi connectivity index (χ1v) is 9.01. The molecule has 0 saturated carbocycles. The lowest BCUT2D eigenvalue weighted by Crippen LogP contribution is -2.44. The van der Waals surface area contributed by atoms with Crippen LogP contribution in [0.3, 0.4) is 0 Å². The van der Waals surface area contributed by atoms with Crippen molar-refractivity contribution in [2.45, 2.75) is 38.6 Å². The first kappa shape index (κ1) is 16.1. The number of hydrogen-bond donors (Lipinski definition) is 1.